The van der Waals surface area contributed by atoms with E-state index >= 15 is 0 Å². The van der Waals surface area contributed by atoms with Gasteiger partial charge >= 0.3 is 0 Å². The van der Waals surface area contributed by atoms with Crippen LogP contribution in [-0.2, 0) is 10.3 Å². The van der Waals surface area contributed by atoms with E-state index in [1.54, 1.807) is 18.2 Å². The van der Waals surface area contributed by atoms with Gasteiger partial charge in [0.1, 0.15) is 11.4 Å². The van der Waals surface area contributed by atoms with E-state index in [2.05, 4.69) is 20.9 Å². The Hall–Kier alpha value is -0.990. The van der Waals surface area contributed by atoms with Crippen LogP contribution >= 0.6 is 15.9 Å². The molecule has 78 valence electrons. The zero-order chi connectivity index (χ0) is 10.9. The predicted octanol–water partition coefficient (Wildman–Crippen LogP) is 3.30. The van der Waals surface area contributed by atoms with E-state index in [9.17, 15) is 9.18 Å². The lowest BCUT2D eigenvalue weighted by Gasteiger charge is -2.37. The highest BCUT2D eigenvalue weighted by atomic mass is 79.9. The largest absolute Gasteiger partial charge is 0.235 e. The van der Waals surface area contributed by atoms with Crippen LogP contribution in [0, 0.1) is 5.82 Å². The summed E-state index contributed by atoms with van der Waals surface area (Å²) in [4.78, 5) is 14.2. The second-order valence-corrected chi connectivity index (χ2v) is 4.54. The Kier molecular flexibility index (Phi) is 2.72. The Morgan fingerprint density at radius 2 is 2.20 bits per heavy atom. The summed E-state index contributed by atoms with van der Waals surface area (Å²) in [6, 6.07) is 4.78. The van der Waals surface area contributed by atoms with Crippen molar-refractivity contribution in [3.05, 3.63) is 34.1 Å². The lowest BCUT2D eigenvalue weighted by molar-refractivity contribution is 0.246. The quantitative estimate of drug-likeness (QED) is 0.598. The van der Waals surface area contributed by atoms with E-state index in [0.29, 0.717) is 22.9 Å². The highest BCUT2D eigenvalue weighted by Gasteiger charge is 2.42. The molecule has 0 radical (unpaired) electrons. The van der Waals surface area contributed by atoms with Crippen LogP contribution < -0.4 is 0 Å². The number of carbonyl (C=O) groups excluding carboxylic acids is 1. The average Bonchev–Trinajstić information content (AvgIpc) is 2.13. The van der Waals surface area contributed by atoms with Crippen LogP contribution in [0.2, 0.25) is 0 Å². The molecule has 0 unspecified atom stereocenters. The molecular formula is C11H9BrFNO. The molecule has 0 spiro atoms. The molecular weight excluding hydrogens is 261 g/mol. The van der Waals surface area contributed by atoms with Crippen LogP contribution in [-0.4, -0.2) is 6.08 Å². The van der Waals surface area contributed by atoms with Crippen molar-refractivity contribution in [3.63, 3.8) is 0 Å². The highest BCUT2D eigenvalue weighted by molar-refractivity contribution is 9.10. The summed E-state index contributed by atoms with van der Waals surface area (Å²) in [6.07, 6.45) is 3.94. The lowest BCUT2D eigenvalue weighted by Crippen LogP contribution is -2.33. The van der Waals surface area contributed by atoms with Crippen LogP contribution in [0.3, 0.4) is 0 Å². The van der Waals surface area contributed by atoms with Crippen molar-refractivity contribution in [1.82, 2.24) is 0 Å². The number of benzene rings is 1. The summed E-state index contributed by atoms with van der Waals surface area (Å²) in [5, 5.41) is 0. The zero-order valence-electron chi connectivity index (χ0n) is 7.96. The van der Waals surface area contributed by atoms with Gasteiger partial charge < -0.3 is 0 Å². The molecule has 0 atom stereocenters. The summed E-state index contributed by atoms with van der Waals surface area (Å²) in [7, 11) is 0. The molecule has 2 nitrogen and oxygen atoms in total. The fourth-order valence-electron chi connectivity index (χ4n) is 1.96. The number of nitrogens with zero attached hydrogens (tertiary/aromatic N) is 1. The maximum absolute atomic E-state index is 13.7. The smallest absolute Gasteiger partial charge is 0.211 e. The molecule has 0 N–H and O–H groups in total. The minimum Gasteiger partial charge on any atom is -0.211 e. The molecule has 1 aliphatic rings. The molecule has 0 amide bonds. The van der Waals surface area contributed by atoms with Crippen LogP contribution in [0.5, 0.6) is 0 Å². The fourth-order valence-corrected chi connectivity index (χ4v) is 2.67. The van der Waals surface area contributed by atoms with Gasteiger partial charge in [0.25, 0.3) is 0 Å². The third-order valence-electron chi connectivity index (χ3n) is 2.87. The Balaban J connectivity index is 2.56. The van der Waals surface area contributed by atoms with E-state index in [0.717, 1.165) is 6.42 Å². The number of isocyanates is 1. The number of halogens is 2. The molecule has 1 aromatic carbocycles. The molecule has 4 heteroatoms. The molecule has 0 saturated heterocycles. The Morgan fingerprint density at radius 1 is 1.47 bits per heavy atom. The first-order valence-electron chi connectivity index (χ1n) is 4.73. The van der Waals surface area contributed by atoms with Gasteiger partial charge in [-0.2, -0.15) is 4.99 Å². The average molecular weight is 270 g/mol. The minimum atomic E-state index is -0.675. The monoisotopic (exact) mass is 269 g/mol. The molecule has 1 aromatic rings. The van der Waals surface area contributed by atoms with E-state index in [-0.39, 0.29) is 5.82 Å². The molecule has 1 saturated carbocycles. The van der Waals surface area contributed by atoms with Crippen molar-refractivity contribution in [2.24, 2.45) is 4.99 Å². The molecule has 2 rings (SSSR count). The van der Waals surface area contributed by atoms with Gasteiger partial charge in [0.15, 0.2) is 0 Å². The van der Waals surface area contributed by atoms with Crippen molar-refractivity contribution in [2.75, 3.05) is 0 Å². The SMILES string of the molecule is O=C=NC1(c2c(F)cccc2Br)CCC1. The van der Waals surface area contributed by atoms with Crippen LogP contribution in [0.15, 0.2) is 27.7 Å². The minimum absolute atomic E-state index is 0.317. The fraction of sp³-hybridized carbons (Fsp3) is 0.364. The zero-order valence-corrected chi connectivity index (χ0v) is 9.55. The van der Waals surface area contributed by atoms with Gasteiger partial charge in [-0.1, -0.05) is 22.0 Å². The first kappa shape index (κ1) is 10.5. The standard InChI is InChI=1S/C11H9BrFNO/c12-8-3-1-4-9(13)10(8)11(14-7-15)5-2-6-11/h1,3-4H,2,5-6H2. The maximum Gasteiger partial charge on any atom is 0.235 e. The lowest BCUT2D eigenvalue weighted by atomic mass is 9.72. The Labute approximate surface area is 95.3 Å². The first-order valence-corrected chi connectivity index (χ1v) is 5.52. The molecule has 0 heterocycles. The van der Waals surface area contributed by atoms with Crippen LogP contribution in [0.25, 0.3) is 0 Å². The number of hydrogen-bond acceptors (Lipinski definition) is 2. The van der Waals surface area contributed by atoms with E-state index in [4.69, 9.17) is 0 Å². The van der Waals surface area contributed by atoms with Crippen molar-refractivity contribution in [3.8, 4) is 0 Å². The van der Waals surface area contributed by atoms with E-state index in [1.807, 2.05) is 0 Å². The van der Waals surface area contributed by atoms with Gasteiger partial charge in [-0.15, -0.1) is 0 Å². The van der Waals surface area contributed by atoms with Crippen molar-refractivity contribution >= 4 is 22.0 Å². The summed E-state index contributed by atoms with van der Waals surface area (Å²) < 4.78 is 14.3. The Bertz CT molecular complexity index is 416. The highest BCUT2D eigenvalue weighted by Crippen LogP contribution is 2.48. The second-order valence-electron chi connectivity index (χ2n) is 3.68. The number of hydrogen-bond donors (Lipinski definition) is 0. The van der Waals surface area contributed by atoms with Gasteiger partial charge in [-0.05, 0) is 31.4 Å². The number of rotatable bonds is 2. The molecule has 1 fully saturated rings. The van der Waals surface area contributed by atoms with Gasteiger partial charge in [0, 0.05) is 10.0 Å². The van der Waals surface area contributed by atoms with E-state index in [1.165, 1.54) is 6.07 Å². The number of aliphatic imine (C=N–C) groups is 1. The van der Waals surface area contributed by atoms with Crippen LogP contribution in [0.1, 0.15) is 24.8 Å². The second kappa shape index (κ2) is 3.87. The summed E-state index contributed by atoms with van der Waals surface area (Å²) in [5.41, 5.74) is -0.189. The molecule has 0 bridgehead atoms. The Morgan fingerprint density at radius 3 is 2.67 bits per heavy atom. The molecule has 0 aromatic heterocycles. The van der Waals surface area contributed by atoms with Gasteiger partial charge in [-0.3, -0.25) is 0 Å². The van der Waals surface area contributed by atoms with Gasteiger partial charge in [0.05, 0.1) is 0 Å². The van der Waals surface area contributed by atoms with Crippen LogP contribution in [0.4, 0.5) is 4.39 Å². The summed E-state index contributed by atoms with van der Waals surface area (Å²) >= 11 is 3.30. The van der Waals surface area contributed by atoms with Gasteiger partial charge in [0.2, 0.25) is 6.08 Å². The van der Waals surface area contributed by atoms with E-state index < -0.39 is 5.54 Å². The third-order valence-corrected chi connectivity index (χ3v) is 3.53. The molecule has 15 heavy (non-hydrogen) atoms. The van der Waals surface area contributed by atoms with Crippen molar-refractivity contribution in [2.45, 2.75) is 24.8 Å². The van der Waals surface area contributed by atoms with Crippen molar-refractivity contribution in [1.29, 1.82) is 0 Å². The predicted molar refractivity (Wildman–Crippen MR) is 57.8 cm³/mol. The summed E-state index contributed by atoms with van der Waals surface area (Å²) in [5.74, 6) is -0.317. The van der Waals surface area contributed by atoms with Gasteiger partial charge in [-0.25, -0.2) is 9.18 Å². The normalized spacial score (nSPS) is 17.7. The first-order chi connectivity index (χ1) is 7.19. The third kappa shape index (κ3) is 1.64. The molecule has 0 aliphatic heterocycles. The van der Waals surface area contributed by atoms with Crippen molar-refractivity contribution < 1.29 is 9.18 Å². The molecule has 1 aliphatic carbocycles. The summed E-state index contributed by atoms with van der Waals surface area (Å²) in [6.45, 7) is 0. The maximum atomic E-state index is 13.7. The topological polar surface area (TPSA) is 29.4 Å².